The molecule has 3 rings (SSSR count). The summed E-state index contributed by atoms with van der Waals surface area (Å²) in [5.74, 6) is 1.77. The molecular formula is C18H27NO. The Morgan fingerprint density at radius 3 is 2.90 bits per heavy atom. The highest BCUT2D eigenvalue weighted by molar-refractivity contribution is 5.38. The Morgan fingerprint density at radius 2 is 2.15 bits per heavy atom. The van der Waals surface area contributed by atoms with Crippen molar-refractivity contribution in [3.05, 3.63) is 29.8 Å². The van der Waals surface area contributed by atoms with Crippen molar-refractivity contribution in [3.63, 3.8) is 0 Å². The second kappa shape index (κ2) is 5.77. The minimum atomic E-state index is 0.544. The maximum absolute atomic E-state index is 5.80. The lowest BCUT2D eigenvalue weighted by Crippen LogP contribution is -2.38. The quantitative estimate of drug-likeness (QED) is 0.842. The largest absolute Gasteiger partial charge is 0.493 e. The number of para-hydroxylation sites is 1. The Bertz CT molecular complexity index is 452. The maximum Gasteiger partial charge on any atom is 0.122 e. The Hall–Kier alpha value is -1.02. The molecule has 2 nitrogen and oxygen atoms in total. The van der Waals surface area contributed by atoms with Gasteiger partial charge in [-0.1, -0.05) is 32.0 Å². The molecule has 0 bridgehead atoms. The summed E-state index contributed by atoms with van der Waals surface area (Å²) in [6, 6.07) is 9.27. The third-order valence-electron chi connectivity index (χ3n) is 5.12. The van der Waals surface area contributed by atoms with Crippen LogP contribution in [0.1, 0.15) is 57.4 Å². The molecule has 2 heteroatoms. The summed E-state index contributed by atoms with van der Waals surface area (Å²) in [7, 11) is 0. The molecule has 1 saturated carbocycles. The van der Waals surface area contributed by atoms with Gasteiger partial charge in [0.1, 0.15) is 5.75 Å². The fourth-order valence-corrected chi connectivity index (χ4v) is 3.42. The lowest BCUT2D eigenvalue weighted by molar-refractivity contribution is 0.238. The molecule has 1 N–H and O–H groups in total. The van der Waals surface area contributed by atoms with Crippen molar-refractivity contribution in [1.82, 2.24) is 5.32 Å². The zero-order chi connectivity index (χ0) is 14.0. The van der Waals surface area contributed by atoms with Crippen LogP contribution in [0.25, 0.3) is 0 Å². The molecule has 20 heavy (non-hydrogen) atoms. The van der Waals surface area contributed by atoms with E-state index in [1.807, 2.05) is 0 Å². The third kappa shape index (κ3) is 2.85. The van der Waals surface area contributed by atoms with E-state index < -0.39 is 0 Å². The summed E-state index contributed by atoms with van der Waals surface area (Å²) in [4.78, 5) is 0. The number of fused-ring (bicyclic) bond motifs is 1. The van der Waals surface area contributed by atoms with Crippen LogP contribution < -0.4 is 10.1 Å². The second-order valence-corrected chi connectivity index (χ2v) is 6.77. The van der Waals surface area contributed by atoms with Gasteiger partial charge >= 0.3 is 0 Å². The van der Waals surface area contributed by atoms with Crippen LogP contribution >= 0.6 is 0 Å². The van der Waals surface area contributed by atoms with Crippen LogP contribution in [0, 0.1) is 5.41 Å². The minimum absolute atomic E-state index is 0.544. The number of nitrogens with one attached hydrogen (secondary N) is 1. The maximum atomic E-state index is 5.80. The van der Waals surface area contributed by atoms with Crippen molar-refractivity contribution in [2.75, 3.05) is 13.2 Å². The topological polar surface area (TPSA) is 21.3 Å². The minimum Gasteiger partial charge on any atom is -0.493 e. The number of ether oxygens (including phenoxy) is 1. The van der Waals surface area contributed by atoms with Crippen LogP contribution in [0.15, 0.2) is 24.3 Å². The highest BCUT2D eigenvalue weighted by Crippen LogP contribution is 2.51. The average molecular weight is 273 g/mol. The van der Waals surface area contributed by atoms with E-state index in [-0.39, 0.29) is 0 Å². The van der Waals surface area contributed by atoms with Crippen molar-refractivity contribution in [2.45, 2.75) is 57.9 Å². The summed E-state index contributed by atoms with van der Waals surface area (Å²) >= 11 is 0. The molecule has 0 aromatic heterocycles. The molecule has 2 aliphatic rings. The van der Waals surface area contributed by atoms with E-state index in [1.54, 1.807) is 0 Å². The summed E-state index contributed by atoms with van der Waals surface area (Å²) in [5, 5.41) is 3.81. The normalized spacial score (nSPS) is 24.6. The molecule has 1 aliphatic carbocycles. The third-order valence-corrected chi connectivity index (χ3v) is 5.12. The monoisotopic (exact) mass is 273 g/mol. The predicted octanol–water partition coefficient (Wildman–Crippen LogP) is 4.11. The van der Waals surface area contributed by atoms with E-state index in [0.717, 1.165) is 25.3 Å². The number of benzene rings is 1. The van der Waals surface area contributed by atoms with E-state index in [1.165, 1.54) is 31.2 Å². The molecule has 0 spiro atoms. The average Bonchev–Trinajstić information content (AvgIpc) is 3.22. The first-order chi connectivity index (χ1) is 9.73. The first-order valence-electron chi connectivity index (χ1n) is 8.18. The van der Waals surface area contributed by atoms with Gasteiger partial charge in [0.25, 0.3) is 0 Å². The predicted molar refractivity (Wildman–Crippen MR) is 83.3 cm³/mol. The van der Waals surface area contributed by atoms with Crippen LogP contribution in [-0.2, 0) is 0 Å². The van der Waals surface area contributed by atoms with Gasteiger partial charge in [-0.25, -0.2) is 0 Å². The highest BCUT2D eigenvalue weighted by Gasteiger charge is 2.45. The van der Waals surface area contributed by atoms with Crippen LogP contribution in [0.3, 0.4) is 0 Å². The zero-order valence-electron chi connectivity index (χ0n) is 12.8. The van der Waals surface area contributed by atoms with Crippen LogP contribution in [0.4, 0.5) is 0 Å². The smallest absolute Gasteiger partial charge is 0.122 e. The van der Waals surface area contributed by atoms with Gasteiger partial charge in [-0.15, -0.1) is 0 Å². The van der Waals surface area contributed by atoms with Crippen molar-refractivity contribution < 1.29 is 4.74 Å². The number of hydrogen-bond acceptors (Lipinski definition) is 2. The van der Waals surface area contributed by atoms with Gasteiger partial charge in [0.15, 0.2) is 0 Å². The zero-order valence-corrected chi connectivity index (χ0v) is 12.8. The molecule has 2 atom stereocenters. The number of rotatable bonds is 6. The SMILES string of the molecule is CCCNC(CC1CCOc2ccccc21)C1(C)CC1. The van der Waals surface area contributed by atoms with Crippen molar-refractivity contribution in [3.8, 4) is 5.75 Å². The van der Waals surface area contributed by atoms with Crippen molar-refractivity contribution >= 4 is 0 Å². The van der Waals surface area contributed by atoms with Gasteiger partial charge in [0.05, 0.1) is 6.61 Å². The first-order valence-corrected chi connectivity index (χ1v) is 8.18. The Labute approximate surface area is 122 Å². The Balaban J connectivity index is 1.72. The molecule has 110 valence electrons. The summed E-state index contributed by atoms with van der Waals surface area (Å²) in [6.07, 6.45) is 6.42. The molecule has 1 heterocycles. The number of hydrogen-bond donors (Lipinski definition) is 1. The Kier molecular flexibility index (Phi) is 4.02. The van der Waals surface area contributed by atoms with Crippen molar-refractivity contribution in [1.29, 1.82) is 0 Å². The summed E-state index contributed by atoms with van der Waals surface area (Å²) < 4.78 is 5.80. The summed E-state index contributed by atoms with van der Waals surface area (Å²) in [5.41, 5.74) is 1.97. The molecule has 2 unspecified atom stereocenters. The van der Waals surface area contributed by atoms with Gasteiger partial charge < -0.3 is 10.1 Å². The molecule has 0 saturated heterocycles. The molecule has 1 fully saturated rings. The van der Waals surface area contributed by atoms with Gasteiger partial charge in [0, 0.05) is 6.04 Å². The van der Waals surface area contributed by atoms with E-state index in [9.17, 15) is 0 Å². The second-order valence-electron chi connectivity index (χ2n) is 6.77. The van der Waals surface area contributed by atoms with E-state index >= 15 is 0 Å². The van der Waals surface area contributed by atoms with Gasteiger partial charge in [-0.05, 0) is 61.6 Å². The molecular weight excluding hydrogens is 246 g/mol. The molecule has 1 aliphatic heterocycles. The molecule has 1 aromatic rings. The van der Waals surface area contributed by atoms with Gasteiger partial charge in [0.2, 0.25) is 0 Å². The van der Waals surface area contributed by atoms with Crippen LogP contribution in [0.2, 0.25) is 0 Å². The molecule has 1 aromatic carbocycles. The van der Waals surface area contributed by atoms with Crippen LogP contribution in [0.5, 0.6) is 5.75 Å². The van der Waals surface area contributed by atoms with Crippen molar-refractivity contribution in [2.24, 2.45) is 5.41 Å². The highest BCUT2D eigenvalue weighted by atomic mass is 16.5. The lowest BCUT2D eigenvalue weighted by atomic mass is 9.82. The molecule has 0 radical (unpaired) electrons. The first kappa shape index (κ1) is 13.9. The lowest BCUT2D eigenvalue weighted by Gasteiger charge is -2.32. The van der Waals surface area contributed by atoms with E-state index in [2.05, 4.69) is 43.4 Å². The van der Waals surface area contributed by atoms with E-state index in [0.29, 0.717) is 17.4 Å². The standard InChI is InChI=1S/C18H27NO/c1-3-11-19-17(18(2)9-10-18)13-14-8-12-20-16-7-5-4-6-15(14)16/h4-7,14,17,19H,3,8-13H2,1-2H3. The van der Waals surface area contributed by atoms with Gasteiger partial charge in [-0.3, -0.25) is 0 Å². The fourth-order valence-electron chi connectivity index (χ4n) is 3.42. The van der Waals surface area contributed by atoms with Gasteiger partial charge in [-0.2, -0.15) is 0 Å². The fraction of sp³-hybridized carbons (Fsp3) is 0.667. The summed E-state index contributed by atoms with van der Waals surface area (Å²) in [6.45, 7) is 6.72. The van der Waals surface area contributed by atoms with E-state index in [4.69, 9.17) is 4.74 Å². The van der Waals surface area contributed by atoms with Crippen LogP contribution in [-0.4, -0.2) is 19.2 Å². The molecule has 0 amide bonds. The Morgan fingerprint density at radius 1 is 1.35 bits per heavy atom.